The van der Waals surface area contributed by atoms with Gasteiger partial charge in [0.1, 0.15) is 5.75 Å². The fraction of sp³-hybridized carbons (Fsp3) is 0.214. The van der Waals surface area contributed by atoms with Gasteiger partial charge < -0.3 is 10.1 Å². The number of nitrogens with zero attached hydrogens (tertiary/aromatic N) is 2. The molecule has 2 N–H and O–H groups in total. The highest BCUT2D eigenvalue weighted by Gasteiger charge is 2.04. The zero-order valence-electron chi connectivity index (χ0n) is 11.9. The number of hydrogen-bond acceptors (Lipinski definition) is 4. The van der Waals surface area contributed by atoms with Crippen molar-refractivity contribution in [3.05, 3.63) is 44.6 Å². The molecule has 0 unspecified atom stereocenters. The van der Waals surface area contributed by atoms with Crippen LogP contribution in [0.5, 0.6) is 5.75 Å². The molecule has 6 nitrogen and oxygen atoms in total. The van der Waals surface area contributed by atoms with Crippen LogP contribution in [0.3, 0.4) is 0 Å². The van der Waals surface area contributed by atoms with E-state index in [-0.39, 0.29) is 12.0 Å². The van der Waals surface area contributed by atoms with Crippen molar-refractivity contribution in [3.63, 3.8) is 0 Å². The van der Waals surface area contributed by atoms with Gasteiger partial charge in [0.05, 0.1) is 16.1 Å². The van der Waals surface area contributed by atoms with E-state index < -0.39 is 0 Å². The molecule has 0 bridgehead atoms. The summed E-state index contributed by atoms with van der Waals surface area (Å²) in [6, 6.07) is 5.04. The zero-order chi connectivity index (χ0) is 16.7. The molecule has 2 amide bonds. The average molecular weight is 465 g/mol. The Balaban J connectivity index is 1.65. The monoisotopic (exact) mass is 462 g/mol. The number of carbonyl (C=O) groups is 1. The first-order valence-electron chi connectivity index (χ1n) is 6.65. The van der Waals surface area contributed by atoms with Crippen molar-refractivity contribution < 1.29 is 9.53 Å². The highest BCUT2D eigenvalue weighted by atomic mass is 79.9. The number of rotatable bonds is 6. The van der Waals surface area contributed by atoms with Crippen molar-refractivity contribution in [1.29, 1.82) is 0 Å². The first-order valence-corrected chi connectivity index (χ1v) is 8.61. The fourth-order valence-corrected chi connectivity index (χ4v) is 2.50. The Morgan fingerprint density at radius 3 is 2.65 bits per heavy atom. The van der Waals surface area contributed by atoms with E-state index in [0.29, 0.717) is 30.3 Å². The van der Waals surface area contributed by atoms with Gasteiger partial charge in [-0.05, 0) is 40.5 Å². The van der Waals surface area contributed by atoms with Crippen LogP contribution in [-0.2, 0) is 0 Å². The molecular weight excluding hydrogens is 451 g/mol. The summed E-state index contributed by atoms with van der Waals surface area (Å²) in [5, 5.41) is 5.77. The van der Waals surface area contributed by atoms with E-state index in [0.717, 1.165) is 8.95 Å². The van der Waals surface area contributed by atoms with Crippen LogP contribution in [-0.4, -0.2) is 29.2 Å². The van der Waals surface area contributed by atoms with Crippen molar-refractivity contribution in [2.75, 3.05) is 18.5 Å². The van der Waals surface area contributed by atoms with E-state index in [1.807, 2.05) is 6.07 Å². The lowest BCUT2D eigenvalue weighted by molar-refractivity contribution is 0.250. The Hall–Kier alpha value is -1.38. The van der Waals surface area contributed by atoms with Gasteiger partial charge in [0.2, 0.25) is 5.95 Å². The number of benzene rings is 1. The summed E-state index contributed by atoms with van der Waals surface area (Å²) in [6.07, 6.45) is 3.75. The lowest BCUT2D eigenvalue weighted by atomic mass is 10.3. The molecule has 0 saturated heterocycles. The highest BCUT2D eigenvalue weighted by molar-refractivity contribution is 9.10. The minimum Gasteiger partial charge on any atom is -0.492 e. The Kier molecular flexibility index (Phi) is 7.07. The van der Waals surface area contributed by atoms with E-state index >= 15 is 0 Å². The molecule has 0 aliphatic rings. The van der Waals surface area contributed by atoms with Crippen LogP contribution < -0.4 is 15.4 Å². The number of carbonyl (C=O) groups excluding carboxylic acids is 1. The quantitative estimate of drug-likeness (QED) is 0.627. The molecule has 0 fully saturated rings. The molecule has 0 saturated carbocycles. The summed E-state index contributed by atoms with van der Waals surface area (Å²) in [7, 11) is 0. The summed E-state index contributed by atoms with van der Waals surface area (Å²) >= 11 is 12.6. The number of nitrogens with one attached hydrogen (secondary N) is 2. The molecule has 122 valence electrons. The lowest BCUT2D eigenvalue weighted by Gasteiger charge is -2.09. The van der Waals surface area contributed by atoms with Crippen molar-refractivity contribution in [3.8, 4) is 5.75 Å². The number of halogens is 3. The van der Waals surface area contributed by atoms with E-state index in [2.05, 4.69) is 52.5 Å². The fourth-order valence-electron chi connectivity index (χ4n) is 1.57. The van der Waals surface area contributed by atoms with Crippen LogP contribution in [0.15, 0.2) is 39.5 Å². The second kappa shape index (κ2) is 9.05. The number of aromatic nitrogens is 2. The smallest absolute Gasteiger partial charge is 0.321 e. The number of anilines is 1. The van der Waals surface area contributed by atoms with Crippen LogP contribution in [0, 0.1) is 0 Å². The Bertz CT molecular complexity index is 670. The minimum atomic E-state index is -0.367. The predicted molar refractivity (Wildman–Crippen MR) is 96.0 cm³/mol. The van der Waals surface area contributed by atoms with Gasteiger partial charge in [0.25, 0.3) is 0 Å². The van der Waals surface area contributed by atoms with Crippen molar-refractivity contribution in [2.24, 2.45) is 0 Å². The zero-order valence-corrected chi connectivity index (χ0v) is 15.8. The predicted octanol–water partition coefficient (Wildman–Crippen LogP) is 4.25. The van der Waals surface area contributed by atoms with Crippen molar-refractivity contribution in [2.45, 2.75) is 6.42 Å². The van der Waals surface area contributed by atoms with Gasteiger partial charge in [0.15, 0.2) is 0 Å². The lowest BCUT2D eigenvalue weighted by Crippen LogP contribution is -2.30. The molecule has 1 heterocycles. The van der Waals surface area contributed by atoms with Gasteiger partial charge in [0, 0.05) is 23.4 Å². The largest absolute Gasteiger partial charge is 0.492 e. The average Bonchev–Trinajstić information content (AvgIpc) is 2.51. The van der Waals surface area contributed by atoms with Crippen LogP contribution in [0.2, 0.25) is 5.02 Å². The topological polar surface area (TPSA) is 76.1 Å². The summed E-state index contributed by atoms with van der Waals surface area (Å²) in [6.45, 7) is 0.896. The maximum Gasteiger partial charge on any atom is 0.321 e. The van der Waals surface area contributed by atoms with E-state index in [1.165, 1.54) is 0 Å². The number of urea groups is 1. The Morgan fingerprint density at radius 2 is 1.96 bits per heavy atom. The number of hydrogen-bond donors (Lipinski definition) is 2. The Labute approximate surface area is 155 Å². The molecule has 2 rings (SSSR count). The van der Waals surface area contributed by atoms with Gasteiger partial charge in [-0.2, -0.15) is 0 Å². The molecule has 0 aliphatic heterocycles. The molecule has 0 aliphatic carbocycles. The maximum atomic E-state index is 11.6. The van der Waals surface area contributed by atoms with E-state index in [9.17, 15) is 4.79 Å². The molecule has 1 aromatic heterocycles. The second-order valence-electron chi connectivity index (χ2n) is 4.38. The first-order chi connectivity index (χ1) is 11.0. The van der Waals surface area contributed by atoms with Gasteiger partial charge in [-0.15, -0.1) is 0 Å². The SMILES string of the molecule is O=C(NCCCOc1ccc(Br)cc1Cl)Nc1ncc(Br)cn1. The maximum absolute atomic E-state index is 11.6. The standard InChI is InChI=1S/C14H13Br2ClN4O2/c15-9-2-3-12(11(17)6-9)23-5-1-4-18-14(22)21-13-19-7-10(16)8-20-13/h2-3,6-8H,1,4-5H2,(H2,18,19,20,21,22). The molecular formula is C14H13Br2ClN4O2. The first kappa shape index (κ1) is 18.0. The third kappa shape index (κ3) is 6.32. The van der Waals surface area contributed by atoms with Crippen LogP contribution in [0.25, 0.3) is 0 Å². The van der Waals surface area contributed by atoms with Crippen LogP contribution in [0.4, 0.5) is 10.7 Å². The van der Waals surface area contributed by atoms with Crippen molar-refractivity contribution >= 4 is 55.4 Å². The summed E-state index contributed by atoms with van der Waals surface area (Å²) in [4.78, 5) is 19.5. The summed E-state index contributed by atoms with van der Waals surface area (Å²) < 4.78 is 7.19. The van der Waals surface area contributed by atoms with Crippen LogP contribution in [0.1, 0.15) is 6.42 Å². The summed E-state index contributed by atoms with van der Waals surface area (Å²) in [5.74, 6) is 0.853. The normalized spacial score (nSPS) is 10.2. The van der Waals surface area contributed by atoms with E-state index in [4.69, 9.17) is 16.3 Å². The number of amides is 2. The summed E-state index contributed by atoms with van der Waals surface area (Å²) in [5.41, 5.74) is 0. The Morgan fingerprint density at radius 1 is 1.22 bits per heavy atom. The highest BCUT2D eigenvalue weighted by Crippen LogP contribution is 2.27. The second-order valence-corrected chi connectivity index (χ2v) is 6.62. The van der Waals surface area contributed by atoms with Gasteiger partial charge in [-0.25, -0.2) is 14.8 Å². The van der Waals surface area contributed by atoms with Crippen LogP contribution >= 0.6 is 43.5 Å². The molecule has 0 radical (unpaired) electrons. The third-order valence-electron chi connectivity index (χ3n) is 2.60. The molecule has 9 heteroatoms. The molecule has 2 aromatic rings. The number of ether oxygens (including phenoxy) is 1. The van der Waals surface area contributed by atoms with Gasteiger partial charge in [-0.3, -0.25) is 5.32 Å². The molecule has 1 aromatic carbocycles. The molecule has 0 spiro atoms. The van der Waals surface area contributed by atoms with Crippen molar-refractivity contribution in [1.82, 2.24) is 15.3 Å². The molecule has 0 atom stereocenters. The minimum absolute atomic E-state index is 0.239. The third-order valence-corrected chi connectivity index (χ3v) is 3.80. The van der Waals surface area contributed by atoms with Gasteiger partial charge in [-0.1, -0.05) is 27.5 Å². The van der Waals surface area contributed by atoms with E-state index in [1.54, 1.807) is 24.5 Å². The molecule has 23 heavy (non-hydrogen) atoms. The van der Waals surface area contributed by atoms with Gasteiger partial charge >= 0.3 is 6.03 Å².